The van der Waals surface area contributed by atoms with Crippen LogP contribution in [0.5, 0.6) is 0 Å². The van der Waals surface area contributed by atoms with Crippen molar-refractivity contribution in [3.63, 3.8) is 0 Å². The Hall–Kier alpha value is -3.26. The number of halogens is 1. The molecule has 1 atom stereocenters. The third-order valence-electron chi connectivity index (χ3n) is 5.19. The van der Waals surface area contributed by atoms with Gasteiger partial charge in [-0.05, 0) is 54.8 Å². The van der Waals surface area contributed by atoms with E-state index in [9.17, 15) is 17.6 Å². The third-order valence-corrected chi connectivity index (χ3v) is 7.02. The van der Waals surface area contributed by atoms with Crippen LogP contribution in [0.15, 0.2) is 66.9 Å². The number of aromatic nitrogens is 2. The molecule has 0 radical (unpaired) electrons. The van der Waals surface area contributed by atoms with Crippen LogP contribution < -0.4 is 5.32 Å². The van der Waals surface area contributed by atoms with Crippen molar-refractivity contribution in [2.75, 3.05) is 18.1 Å². The molecule has 1 aliphatic rings. The maximum absolute atomic E-state index is 13.4. The fourth-order valence-corrected chi connectivity index (χ4v) is 5.42. The van der Waals surface area contributed by atoms with Crippen LogP contribution in [0.3, 0.4) is 0 Å². The second kappa shape index (κ2) is 8.85. The fourth-order valence-electron chi connectivity index (χ4n) is 3.56. The highest BCUT2D eigenvalue weighted by molar-refractivity contribution is 7.91. The van der Waals surface area contributed by atoms with Crippen molar-refractivity contribution >= 4 is 21.8 Å². The van der Waals surface area contributed by atoms with Crippen molar-refractivity contribution in [2.24, 2.45) is 5.92 Å². The highest BCUT2D eigenvalue weighted by atomic mass is 32.2. The van der Waals surface area contributed by atoms with Gasteiger partial charge in [0.15, 0.2) is 9.84 Å². The lowest BCUT2D eigenvalue weighted by molar-refractivity contribution is -0.116. The first kappa shape index (κ1) is 21.0. The van der Waals surface area contributed by atoms with E-state index in [-0.39, 0.29) is 29.1 Å². The summed E-state index contributed by atoms with van der Waals surface area (Å²) in [4.78, 5) is 12.3. The fraction of sp³-hybridized carbons (Fsp3) is 0.217. The number of benzene rings is 2. The Morgan fingerprint density at radius 2 is 1.90 bits per heavy atom. The Kier molecular flexibility index (Phi) is 5.99. The Bertz CT molecular complexity index is 1200. The zero-order valence-corrected chi connectivity index (χ0v) is 17.6. The Labute approximate surface area is 180 Å². The molecule has 2 aromatic carbocycles. The van der Waals surface area contributed by atoms with Crippen LogP contribution >= 0.6 is 0 Å². The molecule has 1 unspecified atom stereocenters. The molecule has 0 saturated carbocycles. The molecular formula is C23H22FN3O3S. The molecule has 1 aromatic heterocycles. The van der Waals surface area contributed by atoms with Crippen molar-refractivity contribution < 1.29 is 17.6 Å². The maximum Gasteiger partial charge on any atom is 0.244 e. The summed E-state index contributed by atoms with van der Waals surface area (Å²) in [7, 11) is -2.97. The standard InChI is InChI=1S/C23H22FN3O3S/c24-20-9-6-18(7-10-20)23-19(15-27(26-23)21-4-2-1-3-5-21)8-11-22(28)25-14-17-12-13-31(29,30)16-17/h1-11,15,17H,12-14,16H2,(H,25,28)/b11-8+. The van der Waals surface area contributed by atoms with E-state index in [1.54, 1.807) is 29.1 Å². The van der Waals surface area contributed by atoms with Gasteiger partial charge in [-0.25, -0.2) is 17.5 Å². The largest absolute Gasteiger partial charge is 0.352 e. The highest BCUT2D eigenvalue weighted by Gasteiger charge is 2.27. The van der Waals surface area contributed by atoms with Crippen molar-refractivity contribution in [1.82, 2.24) is 15.1 Å². The third kappa shape index (κ3) is 5.27. The number of para-hydroxylation sites is 1. The van der Waals surface area contributed by atoms with E-state index in [0.717, 1.165) is 11.3 Å². The molecule has 31 heavy (non-hydrogen) atoms. The van der Waals surface area contributed by atoms with Crippen LogP contribution in [0, 0.1) is 11.7 Å². The van der Waals surface area contributed by atoms with E-state index in [2.05, 4.69) is 10.4 Å². The second-order valence-corrected chi connectivity index (χ2v) is 9.80. The van der Waals surface area contributed by atoms with E-state index in [1.807, 2.05) is 30.3 Å². The lowest BCUT2D eigenvalue weighted by atomic mass is 10.1. The minimum atomic E-state index is -2.97. The number of hydrogen-bond donors (Lipinski definition) is 1. The second-order valence-electron chi connectivity index (χ2n) is 7.57. The van der Waals surface area contributed by atoms with Crippen LogP contribution in [0.25, 0.3) is 23.0 Å². The van der Waals surface area contributed by atoms with E-state index in [0.29, 0.717) is 24.2 Å². The van der Waals surface area contributed by atoms with Gasteiger partial charge in [0.1, 0.15) is 5.82 Å². The van der Waals surface area contributed by atoms with Crippen molar-refractivity contribution in [3.05, 3.63) is 78.3 Å². The van der Waals surface area contributed by atoms with Crippen LogP contribution in [0.2, 0.25) is 0 Å². The average molecular weight is 440 g/mol. The molecule has 1 aliphatic heterocycles. The quantitative estimate of drug-likeness (QED) is 0.598. The van der Waals surface area contributed by atoms with Gasteiger partial charge in [0.05, 0.1) is 22.9 Å². The number of carbonyl (C=O) groups excluding carboxylic acids is 1. The van der Waals surface area contributed by atoms with Crippen LogP contribution in [-0.2, 0) is 14.6 Å². The molecule has 1 amide bonds. The minimum Gasteiger partial charge on any atom is -0.352 e. The number of carbonyl (C=O) groups is 1. The molecule has 6 nitrogen and oxygen atoms in total. The summed E-state index contributed by atoms with van der Waals surface area (Å²) in [6.07, 6.45) is 5.45. The van der Waals surface area contributed by atoms with Gasteiger partial charge < -0.3 is 5.32 Å². The number of amides is 1. The van der Waals surface area contributed by atoms with Gasteiger partial charge in [0.2, 0.25) is 5.91 Å². The van der Waals surface area contributed by atoms with Crippen molar-refractivity contribution in [3.8, 4) is 16.9 Å². The molecule has 0 spiro atoms. The molecule has 1 saturated heterocycles. The summed E-state index contributed by atoms with van der Waals surface area (Å²) in [5.74, 6) is -0.380. The summed E-state index contributed by atoms with van der Waals surface area (Å²) in [6, 6.07) is 15.6. The van der Waals surface area contributed by atoms with E-state index in [1.165, 1.54) is 18.2 Å². The predicted octanol–water partition coefficient (Wildman–Crippen LogP) is 3.24. The van der Waals surface area contributed by atoms with Gasteiger partial charge in [0, 0.05) is 29.9 Å². The number of rotatable bonds is 6. The van der Waals surface area contributed by atoms with Gasteiger partial charge in [-0.15, -0.1) is 0 Å². The molecule has 4 rings (SSSR count). The molecule has 8 heteroatoms. The molecule has 3 aromatic rings. The van der Waals surface area contributed by atoms with Gasteiger partial charge in [-0.2, -0.15) is 5.10 Å². The van der Waals surface area contributed by atoms with Gasteiger partial charge in [-0.1, -0.05) is 18.2 Å². The first-order valence-corrected chi connectivity index (χ1v) is 11.8. The molecule has 1 N–H and O–H groups in total. The monoisotopic (exact) mass is 439 g/mol. The average Bonchev–Trinajstić information content (AvgIpc) is 3.35. The highest BCUT2D eigenvalue weighted by Crippen LogP contribution is 2.25. The van der Waals surface area contributed by atoms with Crippen LogP contribution in [0.1, 0.15) is 12.0 Å². The Morgan fingerprint density at radius 3 is 2.58 bits per heavy atom. The van der Waals surface area contributed by atoms with E-state index >= 15 is 0 Å². The summed E-state index contributed by atoms with van der Waals surface area (Å²) in [5.41, 5.74) is 2.91. The topological polar surface area (TPSA) is 81.1 Å². The Morgan fingerprint density at radius 1 is 1.16 bits per heavy atom. The summed E-state index contributed by atoms with van der Waals surface area (Å²) < 4.78 is 38.2. The molecular weight excluding hydrogens is 417 g/mol. The normalized spacial score (nSPS) is 17.8. The zero-order chi connectivity index (χ0) is 21.8. The van der Waals surface area contributed by atoms with Crippen LogP contribution in [0.4, 0.5) is 4.39 Å². The van der Waals surface area contributed by atoms with Gasteiger partial charge >= 0.3 is 0 Å². The molecule has 1 fully saturated rings. The summed E-state index contributed by atoms with van der Waals surface area (Å²) >= 11 is 0. The lowest BCUT2D eigenvalue weighted by Crippen LogP contribution is -2.28. The molecule has 160 valence electrons. The van der Waals surface area contributed by atoms with Crippen molar-refractivity contribution in [2.45, 2.75) is 6.42 Å². The summed E-state index contributed by atoms with van der Waals surface area (Å²) in [5, 5.41) is 7.40. The SMILES string of the molecule is O=C(/C=C/c1cn(-c2ccccc2)nc1-c1ccc(F)cc1)NCC1CCS(=O)(=O)C1. The van der Waals surface area contributed by atoms with Gasteiger partial charge in [-0.3, -0.25) is 4.79 Å². The number of hydrogen-bond acceptors (Lipinski definition) is 4. The lowest BCUT2D eigenvalue weighted by Gasteiger charge is -2.07. The number of sulfone groups is 1. The minimum absolute atomic E-state index is 0.0436. The Balaban J connectivity index is 1.54. The molecule has 2 heterocycles. The number of nitrogens with zero attached hydrogens (tertiary/aromatic N) is 2. The summed E-state index contributed by atoms with van der Waals surface area (Å²) in [6.45, 7) is 0.330. The van der Waals surface area contributed by atoms with Gasteiger partial charge in [0.25, 0.3) is 0 Å². The zero-order valence-electron chi connectivity index (χ0n) is 16.7. The molecule has 0 bridgehead atoms. The predicted molar refractivity (Wildman–Crippen MR) is 118 cm³/mol. The maximum atomic E-state index is 13.4. The van der Waals surface area contributed by atoms with Crippen molar-refractivity contribution in [1.29, 1.82) is 0 Å². The van der Waals surface area contributed by atoms with E-state index < -0.39 is 9.84 Å². The molecule has 0 aliphatic carbocycles. The van der Waals surface area contributed by atoms with E-state index in [4.69, 9.17) is 0 Å². The smallest absolute Gasteiger partial charge is 0.244 e. The first-order valence-electron chi connectivity index (χ1n) is 9.97. The number of nitrogens with one attached hydrogen (secondary N) is 1. The first-order chi connectivity index (χ1) is 14.9. The van der Waals surface area contributed by atoms with Crippen LogP contribution in [-0.4, -0.2) is 42.2 Å².